The van der Waals surface area contributed by atoms with E-state index in [-0.39, 0.29) is 0 Å². The van der Waals surface area contributed by atoms with Crippen LogP contribution in [-0.4, -0.2) is 23.1 Å². The molecule has 1 fully saturated rings. The van der Waals surface area contributed by atoms with Gasteiger partial charge >= 0.3 is 0 Å². The van der Waals surface area contributed by atoms with Crippen LogP contribution in [0.2, 0.25) is 0 Å². The molecule has 1 aliphatic heterocycles. The summed E-state index contributed by atoms with van der Waals surface area (Å²) in [6, 6.07) is 4.23. The van der Waals surface area contributed by atoms with E-state index in [1.165, 1.54) is 24.1 Å². The summed E-state index contributed by atoms with van der Waals surface area (Å²) >= 11 is 0. The van der Waals surface area contributed by atoms with Crippen molar-refractivity contribution in [2.75, 3.05) is 18.0 Å². The fraction of sp³-hybridized carbons (Fsp3) is 0.417. The summed E-state index contributed by atoms with van der Waals surface area (Å²) in [5.41, 5.74) is 4.76. The van der Waals surface area contributed by atoms with Crippen LogP contribution in [0.5, 0.6) is 0 Å². The second-order valence-electron chi connectivity index (χ2n) is 4.17. The zero-order valence-corrected chi connectivity index (χ0v) is 8.88. The van der Waals surface area contributed by atoms with Crippen LogP contribution in [-0.2, 0) is 0 Å². The number of benzene rings is 1. The lowest BCUT2D eigenvalue weighted by atomic mass is 10.1. The minimum absolute atomic E-state index is 1.07. The normalized spacial score (nSPS) is 16.5. The first-order chi connectivity index (χ1) is 7.36. The molecular weight excluding hydrogens is 186 g/mol. The molecule has 2 aromatic rings. The SMILES string of the molecule is Cc1ccc2[nH][c]nc2c1N1CCCC1. The fourth-order valence-electron chi connectivity index (χ4n) is 2.38. The molecule has 0 saturated carbocycles. The predicted octanol–water partition coefficient (Wildman–Crippen LogP) is 2.27. The Morgan fingerprint density at radius 3 is 2.93 bits per heavy atom. The number of imidazole rings is 1. The van der Waals surface area contributed by atoms with E-state index >= 15 is 0 Å². The Kier molecular flexibility index (Phi) is 1.91. The van der Waals surface area contributed by atoms with Crippen molar-refractivity contribution < 1.29 is 0 Å². The van der Waals surface area contributed by atoms with E-state index in [0.29, 0.717) is 0 Å². The number of nitrogens with one attached hydrogen (secondary N) is 1. The molecule has 0 aliphatic carbocycles. The van der Waals surface area contributed by atoms with Crippen molar-refractivity contribution in [3.63, 3.8) is 0 Å². The highest BCUT2D eigenvalue weighted by Gasteiger charge is 2.17. The van der Waals surface area contributed by atoms with Gasteiger partial charge in [0.05, 0.1) is 11.2 Å². The van der Waals surface area contributed by atoms with Crippen LogP contribution in [0, 0.1) is 13.3 Å². The van der Waals surface area contributed by atoms with E-state index in [0.717, 1.165) is 24.1 Å². The summed E-state index contributed by atoms with van der Waals surface area (Å²) in [4.78, 5) is 9.79. The summed E-state index contributed by atoms with van der Waals surface area (Å²) in [6.45, 7) is 4.47. The first-order valence-electron chi connectivity index (χ1n) is 5.46. The molecule has 15 heavy (non-hydrogen) atoms. The molecule has 3 heteroatoms. The highest BCUT2D eigenvalue weighted by atomic mass is 15.2. The quantitative estimate of drug-likeness (QED) is 0.765. The van der Waals surface area contributed by atoms with Crippen molar-refractivity contribution >= 4 is 16.7 Å². The zero-order chi connectivity index (χ0) is 10.3. The van der Waals surface area contributed by atoms with Crippen LogP contribution in [0.25, 0.3) is 11.0 Å². The second kappa shape index (κ2) is 3.26. The summed E-state index contributed by atoms with van der Waals surface area (Å²) in [5.74, 6) is 0. The minimum Gasteiger partial charge on any atom is -0.370 e. The van der Waals surface area contributed by atoms with Crippen molar-refractivity contribution in [3.05, 3.63) is 24.0 Å². The Morgan fingerprint density at radius 2 is 2.13 bits per heavy atom. The van der Waals surface area contributed by atoms with Gasteiger partial charge in [0, 0.05) is 13.1 Å². The number of H-pyrrole nitrogens is 1. The molecule has 0 atom stereocenters. The number of aryl methyl sites for hydroxylation is 1. The van der Waals surface area contributed by atoms with E-state index in [9.17, 15) is 0 Å². The Labute approximate surface area is 89.1 Å². The molecule has 1 aliphatic rings. The van der Waals surface area contributed by atoms with Crippen LogP contribution in [0.3, 0.4) is 0 Å². The molecule has 0 spiro atoms. The highest BCUT2D eigenvalue weighted by molar-refractivity contribution is 5.90. The van der Waals surface area contributed by atoms with Crippen LogP contribution in [0.1, 0.15) is 18.4 Å². The summed E-state index contributed by atoms with van der Waals surface area (Å²) in [5, 5.41) is 0. The van der Waals surface area contributed by atoms with Gasteiger partial charge in [-0.25, -0.2) is 4.98 Å². The van der Waals surface area contributed by atoms with Crippen LogP contribution >= 0.6 is 0 Å². The molecule has 2 heterocycles. The average molecular weight is 200 g/mol. The van der Waals surface area contributed by atoms with Gasteiger partial charge in [-0.2, -0.15) is 0 Å². The second-order valence-corrected chi connectivity index (χ2v) is 4.17. The highest BCUT2D eigenvalue weighted by Crippen LogP contribution is 2.30. The van der Waals surface area contributed by atoms with E-state index in [4.69, 9.17) is 0 Å². The maximum absolute atomic E-state index is 4.30. The number of rotatable bonds is 1. The molecule has 3 nitrogen and oxygen atoms in total. The summed E-state index contributed by atoms with van der Waals surface area (Å²) < 4.78 is 0. The van der Waals surface area contributed by atoms with Crippen LogP contribution < -0.4 is 4.90 Å². The molecule has 77 valence electrons. The smallest absolute Gasteiger partial charge is 0.174 e. The number of aromatic nitrogens is 2. The monoisotopic (exact) mass is 200 g/mol. The first kappa shape index (κ1) is 8.77. The van der Waals surface area contributed by atoms with Gasteiger partial charge in [0.2, 0.25) is 0 Å². The van der Waals surface area contributed by atoms with Gasteiger partial charge in [-0.3, -0.25) is 0 Å². The lowest BCUT2D eigenvalue weighted by Crippen LogP contribution is -2.19. The lowest BCUT2D eigenvalue weighted by Gasteiger charge is -2.20. The molecule has 1 saturated heterocycles. The van der Waals surface area contributed by atoms with Gasteiger partial charge in [0.25, 0.3) is 0 Å². The third-order valence-corrected chi connectivity index (χ3v) is 3.13. The van der Waals surface area contributed by atoms with E-state index in [2.05, 4.69) is 40.3 Å². The predicted molar refractivity (Wildman–Crippen MR) is 61.1 cm³/mol. The minimum atomic E-state index is 1.07. The van der Waals surface area contributed by atoms with Gasteiger partial charge in [0.15, 0.2) is 6.33 Å². The molecule has 0 amide bonds. The zero-order valence-electron chi connectivity index (χ0n) is 8.88. The number of aromatic amines is 1. The molecule has 3 rings (SSSR count). The molecule has 1 radical (unpaired) electrons. The lowest BCUT2D eigenvalue weighted by molar-refractivity contribution is 0.949. The van der Waals surface area contributed by atoms with Crippen molar-refractivity contribution in [2.45, 2.75) is 19.8 Å². The fourth-order valence-corrected chi connectivity index (χ4v) is 2.38. The van der Waals surface area contributed by atoms with Gasteiger partial charge < -0.3 is 9.88 Å². The number of hydrogen-bond donors (Lipinski definition) is 1. The van der Waals surface area contributed by atoms with Gasteiger partial charge in [-0.05, 0) is 31.4 Å². The standard InChI is InChI=1S/C12H14N3/c1-9-4-5-10-11(14-8-13-10)12(9)15-6-2-3-7-15/h4-5H,2-3,6-7H2,1H3,(H,13,14). The molecule has 1 aromatic carbocycles. The maximum atomic E-state index is 4.30. The van der Waals surface area contributed by atoms with E-state index in [1.807, 2.05) is 0 Å². The van der Waals surface area contributed by atoms with E-state index < -0.39 is 0 Å². The Morgan fingerprint density at radius 1 is 1.33 bits per heavy atom. The third kappa shape index (κ3) is 1.30. The van der Waals surface area contributed by atoms with Gasteiger partial charge in [-0.1, -0.05) is 6.07 Å². The maximum Gasteiger partial charge on any atom is 0.174 e. The third-order valence-electron chi connectivity index (χ3n) is 3.13. The van der Waals surface area contributed by atoms with Gasteiger partial charge in [-0.15, -0.1) is 0 Å². The first-order valence-corrected chi connectivity index (χ1v) is 5.46. The topological polar surface area (TPSA) is 31.9 Å². The van der Waals surface area contributed by atoms with Crippen molar-refractivity contribution in [2.24, 2.45) is 0 Å². The largest absolute Gasteiger partial charge is 0.370 e. The number of fused-ring (bicyclic) bond motifs is 1. The molecule has 0 unspecified atom stereocenters. The Balaban J connectivity index is 2.21. The van der Waals surface area contributed by atoms with Crippen molar-refractivity contribution in [1.82, 2.24) is 9.97 Å². The Hall–Kier alpha value is -1.51. The molecule has 0 bridgehead atoms. The number of hydrogen-bond acceptors (Lipinski definition) is 2. The molecular formula is C12H14N3. The van der Waals surface area contributed by atoms with E-state index in [1.54, 1.807) is 0 Å². The molecule has 1 aromatic heterocycles. The Bertz CT molecular complexity index is 481. The van der Waals surface area contributed by atoms with Gasteiger partial charge in [0.1, 0.15) is 5.52 Å². The number of anilines is 1. The molecule has 1 N–H and O–H groups in total. The van der Waals surface area contributed by atoms with Crippen molar-refractivity contribution in [1.29, 1.82) is 0 Å². The van der Waals surface area contributed by atoms with Crippen LogP contribution in [0.4, 0.5) is 5.69 Å². The van der Waals surface area contributed by atoms with Crippen LogP contribution in [0.15, 0.2) is 12.1 Å². The number of nitrogens with zero attached hydrogens (tertiary/aromatic N) is 2. The van der Waals surface area contributed by atoms with Crippen molar-refractivity contribution in [3.8, 4) is 0 Å². The average Bonchev–Trinajstić information content (AvgIpc) is 2.85. The summed E-state index contributed by atoms with van der Waals surface area (Å²) in [7, 11) is 0. The summed E-state index contributed by atoms with van der Waals surface area (Å²) in [6.07, 6.45) is 5.42.